The van der Waals surface area contributed by atoms with E-state index in [2.05, 4.69) is 15.9 Å². The van der Waals surface area contributed by atoms with E-state index in [1.54, 1.807) is 18.2 Å². The average Bonchev–Trinajstić information content (AvgIpc) is 2.89. The minimum absolute atomic E-state index is 0.0752. The third-order valence-corrected chi connectivity index (χ3v) is 4.47. The number of rotatable bonds is 1. The number of benzene rings is 1. The Morgan fingerprint density at radius 1 is 1.17 bits per heavy atom. The van der Waals surface area contributed by atoms with E-state index >= 15 is 0 Å². The van der Waals surface area contributed by atoms with Crippen LogP contribution in [0, 0.1) is 11.8 Å². The number of anilines is 2. The second-order valence-corrected chi connectivity index (χ2v) is 5.72. The number of halogens is 1. The number of nitrogens with zero attached hydrogens (tertiary/aromatic N) is 1. The molecule has 4 nitrogen and oxygen atoms in total. The molecule has 1 saturated carbocycles. The van der Waals surface area contributed by atoms with Gasteiger partial charge in [0.2, 0.25) is 11.8 Å². The van der Waals surface area contributed by atoms with Crippen molar-refractivity contribution in [2.75, 3.05) is 10.6 Å². The molecule has 1 aromatic carbocycles. The maximum absolute atomic E-state index is 12.3. The van der Waals surface area contributed by atoms with Gasteiger partial charge >= 0.3 is 0 Å². The van der Waals surface area contributed by atoms with Crippen LogP contribution in [0.2, 0.25) is 0 Å². The van der Waals surface area contributed by atoms with Crippen LogP contribution in [0.5, 0.6) is 0 Å². The van der Waals surface area contributed by atoms with Crippen molar-refractivity contribution < 1.29 is 9.59 Å². The number of imide groups is 1. The average molecular weight is 309 g/mol. The molecule has 18 heavy (non-hydrogen) atoms. The number of fused-ring (bicyclic) bond motifs is 1. The first kappa shape index (κ1) is 11.7. The van der Waals surface area contributed by atoms with Crippen LogP contribution in [0.25, 0.3) is 0 Å². The molecule has 2 N–H and O–H groups in total. The lowest BCUT2D eigenvalue weighted by atomic mass is 10.00. The minimum atomic E-state index is -0.120. The van der Waals surface area contributed by atoms with Gasteiger partial charge in [-0.3, -0.25) is 9.59 Å². The highest BCUT2D eigenvalue weighted by atomic mass is 79.9. The van der Waals surface area contributed by atoms with E-state index in [9.17, 15) is 9.59 Å². The summed E-state index contributed by atoms with van der Waals surface area (Å²) in [4.78, 5) is 25.9. The third kappa shape index (κ3) is 1.57. The van der Waals surface area contributed by atoms with E-state index < -0.39 is 0 Å². The van der Waals surface area contributed by atoms with E-state index in [0.29, 0.717) is 11.4 Å². The summed E-state index contributed by atoms with van der Waals surface area (Å²) in [7, 11) is 0. The maximum atomic E-state index is 12.3. The van der Waals surface area contributed by atoms with Gasteiger partial charge in [0.1, 0.15) is 0 Å². The number of nitrogens with two attached hydrogens (primary N) is 1. The number of carbonyl (C=O) groups excluding carboxylic acids is 2. The quantitative estimate of drug-likeness (QED) is 0.639. The van der Waals surface area contributed by atoms with E-state index in [-0.39, 0.29) is 23.7 Å². The second-order valence-electron chi connectivity index (χ2n) is 4.87. The normalized spacial score (nSPS) is 26.8. The van der Waals surface area contributed by atoms with Gasteiger partial charge in [-0.15, -0.1) is 0 Å². The zero-order valence-corrected chi connectivity index (χ0v) is 11.3. The molecule has 1 aliphatic heterocycles. The molecule has 1 heterocycles. The molecule has 0 bridgehead atoms. The van der Waals surface area contributed by atoms with Crippen molar-refractivity contribution in [1.29, 1.82) is 0 Å². The molecule has 1 aliphatic carbocycles. The second kappa shape index (κ2) is 4.09. The van der Waals surface area contributed by atoms with Crippen molar-refractivity contribution in [2.45, 2.75) is 19.3 Å². The van der Waals surface area contributed by atoms with E-state index in [1.807, 2.05) is 0 Å². The van der Waals surface area contributed by atoms with Gasteiger partial charge in [0.25, 0.3) is 0 Å². The van der Waals surface area contributed by atoms with Gasteiger partial charge in [0.05, 0.1) is 17.5 Å². The standard InChI is InChI=1S/C13H13BrN2O2/c14-10-5-4-7(15)6-11(10)16-12(17)8-2-1-3-9(8)13(16)18/h4-6,8-9H,1-3,15H2. The van der Waals surface area contributed by atoms with Crippen LogP contribution >= 0.6 is 15.9 Å². The molecular weight excluding hydrogens is 296 g/mol. The molecule has 1 aromatic rings. The fraction of sp³-hybridized carbons (Fsp3) is 0.385. The summed E-state index contributed by atoms with van der Waals surface area (Å²) in [5.41, 5.74) is 6.85. The lowest BCUT2D eigenvalue weighted by Crippen LogP contribution is -2.31. The third-order valence-electron chi connectivity index (χ3n) is 3.80. The highest BCUT2D eigenvalue weighted by Crippen LogP contribution is 2.43. The highest BCUT2D eigenvalue weighted by molar-refractivity contribution is 9.10. The lowest BCUT2D eigenvalue weighted by molar-refractivity contribution is -0.122. The highest BCUT2D eigenvalue weighted by Gasteiger charge is 2.50. The van der Waals surface area contributed by atoms with Crippen LogP contribution in [0.1, 0.15) is 19.3 Å². The van der Waals surface area contributed by atoms with Crippen LogP contribution in [0.4, 0.5) is 11.4 Å². The van der Waals surface area contributed by atoms with Crippen LogP contribution in [0.15, 0.2) is 22.7 Å². The Morgan fingerprint density at radius 3 is 2.39 bits per heavy atom. The van der Waals surface area contributed by atoms with Crippen LogP contribution in [-0.4, -0.2) is 11.8 Å². The molecule has 1 saturated heterocycles. The van der Waals surface area contributed by atoms with Gasteiger partial charge in [-0.2, -0.15) is 0 Å². The van der Waals surface area contributed by atoms with E-state index in [1.165, 1.54) is 4.90 Å². The van der Waals surface area contributed by atoms with Gasteiger partial charge in [-0.25, -0.2) is 4.90 Å². The Balaban J connectivity index is 2.05. The Labute approximate surface area is 113 Å². The first-order valence-electron chi connectivity index (χ1n) is 6.02. The number of nitrogen functional groups attached to an aromatic ring is 1. The maximum Gasteiger partial charge on any atom is 0.237 e. The number of hydrogen-bond donors (Lipinski definition) is 1. The first-order valence-corrected chi connectivity index (χ1v) is 6.81. The monoisotopic (exact) mass is 308 g/mol. The van der Waals surface area contributed by atoms with Gasteiger partial charge < -0.3 is 5.73 Å². The molecular formula is C13H13BrN2O2. The van der Waals surface area contributed by atoms with Crippen LogP contribution in [-0.2, 0) is 9.59 Å². The Hall–Kier alpha value is -1.36. The zero-order chi connectivity index (χ0) is 12.9. The van der Waals surface area contributed by atoms with Crippen LogP contribution < -0.4 is 10.6 Å². The Morgan fingerprint density at radius 2 is 1.78 bits per heavy atom. The summed E-state index contributed by atoms with van der Waals surface area (Å²) in [5.74, 6) is -0.390. The molecule has 0 radical (unpaired) electrons. The molecule has 3 rings (SSSR count). The number of hydrogen-bond acceptors (Lipinski definition) is 3. The molecule has 2 unspecified atom stereocenters. The first-order chi connectivity index (χ1) is 8.59. The molecule has 94 valence electrons. The molecule has 2 atom stereocenters. The summed E-state index contributed by atoms with van der Waals surface area (Å²) in [6.45, 7) is 0. The summed E-state index contributed by atoms with van der Waals surface area (Å²) in [6.07, 6.45) is 2.62. The van der Waals surface area contributed by atoms with Gasteiger partial charge in [0, 0.05) is 10.2 Å². The summed E-state index contributed by atoms with van der Waals surface area (Å²) in [6, 6.07) is 5.17. The predicted molar refractivity (Wildman–Crippen MR) is 71.9 cm³/mol. The van der Waals surface area contributed by atoms with Crippen molar-refractivity contribution in [3.63, 3.8) is 0 Å². The van der Waals surface area contributed by atoms with E-state index in [4.69, 9.17) is 5.73 Å². The molecule has 2 aliphatic rings. The number of carbonyl (C=O) groups is 2. The van der Waals surface area contributed by atoms with Crippen molar-refractivity contribution in [2.24, 2.45) is 11.8 Å². The zero-order valence-electron chi connectivity index (χ0n) is 9.73. The fourth-order valence-corrected chi connectivity index (χ4v) is 3.35. The van der Waals surface area contributed by atoms with Crippen molar-refractivity contribution in [1.82, 2.24) is 0 Å². The fourth-order valence-electron chi connectivity index (χ4n) is 2.93. The topological polar surface area (TPSA) is 63.4 Å². The molecule has 0 aromatic heterocycles. The molecule has 2 amide bonds. The predicted octanol–water partition coefficient (Wildman–Crippen LogP) is 2.32. The van der Waals surface area contributed by atoms with Gasteiger partial charge in [-0.1, -0.05) is 6.42 Å². The summed E-state index contributed by atoms with van der Waals surface area (Å²) >= 11 is 3.37. The molecule has 5 heteroatoms. The van der Waals surface area contributed by atoms with Crippen LogP contribution in [0.3, 0.4) is 0 Å². The Kier molecular flexibility index (Phi) is 2.66. The molecule has 2 fully saturated rings. The van der Waals surface area contributed by atoms with Gasteiger partial charge in [-0.05, 0) is 47.0 Å². The smallest absolute Gasteiger partial charge is 0.237 e. The Bertz CT molecular complexity index is 522. The largest absolute Gasteiger partial charge is 0.399 e. The lowest BCUT2D eigenvalue weighted by Gasteiger charge is -2.17. The SMILES string of the molecule is Nc1ccc(Br)c(N2C(=O)C3CCCC3C2=O)c1. The molecule has 0 spiro atoms. The van der Waals surface area contributed by atoms with Gasteiger partial charge in [0.15, 0.2) is 0 Å². The number of amides is 2. The summed E-state index contributed by atoms with van der Waals surface area (Å²) < 4.78 is 0.721. The van der Waals surface area contributed by atoms with Crippen molar-refractivity contribution >= 4 is 39.1 Å². The summed E-state index contributed by atoms with van der Waals surface area (Å²) in [5, 5.41) is 0. The minimum Gasteiger partial charge on any atom is -0.399 e. The van der Waals surface area contributed by atoms with Crippen molar-refractivity contribution in [3.05, 3.63) is 22.7 Å². The van der Waals surface area contributed by atoms with Crippen molar-refractivity contribution in [3.8, 4) is 0 Å². The van der Waals surface area contributed by atoms with E-state index in [0.717, 1.165) is 23.7 Å².